The molecule has 1 N–H and O–H groups in total. The molecule has 148 valence electrons. The van der Waals surface area contributed by atoms with Crippen molar-refractivity contribution in [2.45, 2.75) is 19.4 Å². The molecule has 0 aliphatic carbocycles. The molecule has 7 heteroatoms. The summed E-state index contributed by atoms with van der Waals surface area (Å²) >= 11 is 0. The molecule has 1 aromatic heterocycles. The van der Waals surface area contributed by atoms with E-state index in [1.165, 1.54) is 0 Å². The van der Waals surface area contributed by atoms with E-state index in [4.69, 9.17) is 9.47 Å². The summed E-state index contributed by atoms with van der Waals surface area (Å²) in [5, 5.41) is 2.94. The van der Waals surface area contributed by atoms with Crippen LogP contribution >= 0.6 is 0 Å². The lowest BCUT2D eigenvalue weighted by Gasteiger charge is -2.16. The van der Waals surface area contributed by atoms with Crippen molar-refractivity contribution in [1.82, 2.24) is 15.2 Å². The first kappa shape index (κ1) is 19.7. The predicted octanol–water partition coefficient (Wildman–Crippen LogP) is 1.81. The van der Waals surface area contributed by atoms with Crippen LogP contribution in [0.4, 0.5) is 0 Å². The minimum Gasteiger partial charge on any atom is -0.493 e. The van der Waals surface area contributed by atoms with Gasteiger partial charge >= 0.3 is 0 Å². The van der Waals surface area contributed by atoms with Gasteiger partial charge in [0.25, 0.3) is 0 Å². The number of ether oxygens (including phenoxy) is 2. The SMILES string of the molecule is COc1ccc(CCNC(=O)C2CC(=O)N(Cc3cccnc3)C2)cc1OC. The molecular formula is C21H25N3O4. The fourth-order valence-electron chi connectivity index (χ4n) is 3.32. The molecular weight excluding hydrogens is 358 g/mol. The van der Waals surface area contributed by atoms with E-state index in [2.05, 4.69) is 10.3 Å². The van der Waals surface area contributed by atoms with Gasteiger partial charge in [-0.1, -0.05) is 12.1 Å². The predicted molar refractivity (Wildman–Crippen MR) is 104 cm³/mol. The molecule has 1 fully saturated rings. The van der Waals surface area contributed by atoms with E-state index in [0.29, 0.717) is 37.6 Å². The summed E-state index contributed by atoms with van der Waals surface area (Å²) in [7, 11) is 3.19. The highest BCUT2D eigenvalue weighted by Crippen LogP contribution is 2.27. The molecule has 1 aliphatic heterocycles. The van der Waals surface area contributed by atoms with Gasteiger partial charge in [0.15, 0.2) is 11.5 Å². The molecule has 7 nitrogen and oxygen atoms in total. The number of nitrogens with one attached hydrogen (secondary N) is 1. The molecule has 0 saturated carbocycles. The summed E-state index contributed by atoms with van der Waals surface area (Å²) in [5.41, 5.74) is 2.00. The lowest BCUT2D eigenvalue weighted by molar-refractivity contribution is -0.129. The maximum atomic E-state index is 12.5. The Labute approximate surface area is 164 Å². The minimum absolute atomic E-state index is 0.00361. The van der Waals surface area contributed by atoms with E-state index in [9.17, 15) is 9.59 Å². The third-order valence-corrected chi connectivity index (χ3v) is 4.84. The smallest absolute Gasteiger partial charge is 0.225 e. The Morgan fingerprint density at radius 1 is 1.21 bits per heavy atom. The summed E-state index contributed by atoms with van der Waals surface area (Å²) in [6.07, 6.45) is 4.36. The van der Waals surface area contributed by atoms with Crippen LogP contribution in [0.25, 0.3) is 0 Å². The van der Waals surface area contributed by atoms with Gasteiger partial charge in [-0.15, -0.1) is 0 Å². The maximum absolute atomic E-state index is 12.5. The molecule has 0 bridgehead atoms. The van der Waals surface area contributed by atoms with E-state index < -0.39 is 0 Å². The molecule has 1 aliphatic rings. The van der Waals surface area contributed by atoms with Crippen molar-refractivity contribution in [2.75, 3.05) is 27.3 Å². The van der Waals surface area contributed by atoms with Crippen molar-refractivity contribution in [1.29, 1.82) is 0 Å². The van der Waals surface area contributed by atoms with Crippen molar-refractivity contribution < 1.29 is 19.1 Å². The Bertz CT molecular complexity index is 826. The number of rotatable bonds is 8. The summed E-state index contributed by atoms with van der Waals surface area (Å²) in [6, 6.07) is 9.47. The number of hydrogen-bond acceptors (Lipinski definition) is 5. The Balaban J connectivity index is 1.48. The summed E-state index contributed by atoms with van der Waals surface area (Å²) in [4.78, 5) is 30.5. The monoisotopic (exact) mass is 383 g/mol. The lowest BCUT2D eigenvalue weighted by Crippen LogP contribution is -2.34. The van der Waals surface area contributed by atoms with E-state index in [-0.39, 0.29) is 24.2 Å². The van der Waals surface area contributed by atoms with Crippen LogP contribution < -0.4 is 14.8 Å². The van der Waals surface area contributed by atoms with Gasteiger partial charge in [0, 0.05) is 38.4 Å². The number of nitrogens with zero attached hydrogens (tertiary/aromatic N) is 2. The first-order valence-electron chi connectivity index (χ1n) is 9.26. The van der Waals surface area contributed by atoms with E-state index >= 15 is 0 Å². The molecule has 28 heavy (non-hydrogen) atoms. The molecule has 0 spiro atoms. The molecule has 2 aromatic rings. The van der Waals surface area contributed by atoms with Gasteiger partial charge in [0.2, 0.25) is 11.8 Å². The van der Waals surface area contributed by atoms with Crippen LogP contribution in [0, 0.1) is 5.92 Å². The first-order chi connectivity index (χ1) is 13.6. The fraction of sp³-hybridized carbons (Fsp3) is 0.381. The molecule has 1 unspecified atom stereocenters. The van der Waals surface area contributed by atoms with Crippen LogP contribution in [-0.2, 0) is 22.6 Å². The standard InChI is InChI=1S/C21H25N3O4/c1-27-18-6-5-15(10-19(18)28-2)7-9-23-21(26)17-11-20(25)24(14-17)13-16-4-3-8-22-12-16/h3-6,8,10,12,17H,7,9,11,13-14H2,1-2H3,(H,23,26). The number of methoxy groups -OCH3 is 2. The number of carbonyl (C=O) groups is 2. The average Bonchev–Trinajstić information content (AvgIpc) is 3.09. The Morgan fingerprint density at radius 3 is 2.75 bits per heavy atom. The number of benzene rings is 1. The average molecular weight is 383 g/mol. The number of carbonyl (C=O) groups excluding carboxylic acids is 2. The van der Waals surface area contributed by atoms with Crippen LogP contribution in [-0.4, -0.2) is 49.0 Å². The summed E-state index contributed by atoms with van der Waals surface area (Å²) in [5.74, 6) is 0.952. The minimum atomic E-state index is -0.311. The largest absolute Gasteiger partial charge is 0.493 e. The molecule has 0 radical (unpaired) electrons. The van der Waals surface area contributed by atoms with E-state index in [1.807, 2.05) is 30.3 Å². The molecule has 1 saturated heterocycles. The van der Waals surface area contributed by atoms with Gasteiger partial charge in [0.05, 0.1) is 20.1 Å². The quantitative estimate of drug-likeness (QED) is 0.752. The van der Waals surface area contributed by atoms with Crippen molar-refractivity contribution in [3.63, 3.8) is 0 Å². The third-order valence-electron chi connectivity index (χ3n) is 4.84. The highest BCUT2D eigenvalue weighted by atomic mass is 16.5. The van der Waals surface area contributed by atoms with Crippen LogP contribution in [0.2, 0.25) is 0 Å². The normalized spacial score (nSPS) is 16.1. The van der Waals surface area contributed by atoms with E-state index in [0.717, 1.165) is 11.1 Å². The highest BCUT2D eigenvalue weighted by Gasteiger charge is 2.34. The molecule has 3 rings (SSSR count). The number of likely N-dealkylation sites (tertiary alicyclic amines) is 1. The zero-order valence-corrected chi connectivity index (χ0v) is 16.2. The van der Waals surface area contributed by atoms with Gasteiger partial charge in [0.1, 0.15) is 0 Å². The maximum Gasteiger partial charge on any atom is 0.225 e. The topological polar surface area (TPSA) is 80.8 Å². The third kappa shape index (κ3) is 4.79. The van der Waals surface area contributed by atoms with Gasteiger partial charge in [-0.05, 0) is 35.7 Å². The van der Waals surface area contributed by atoms with Gasteiger partial charge < -0.3 is 19.7 Å². The van der Waals surface area contributed by atoms with E-state index in [1.54, 1.807) is 31.5 Å². The fourth-order valence-corrected chi connectivity index (χ4v) is 3.32. The number of amides is 2. The second kappa shape index (κ2) is 9.21. The molecule has 1 aromatic carbocycles. The van der Waals surface area contributed by atoms with Crippen molar-refractivity contribution in [2.24, 2.45) is 5.92 Å². The Hall–Kier alpha value is -3.09. The molecule has 2 heterocycles. The highest BCUT2D eigenvalue weighted by molar-refractivity contribution is 5.89. The number of pyridine rings is 1. The second-order valence-corrected chi connectivity index (χ2v) is 6.77. The lowest BCUT2D eigenvalue weighted by atomic mass is 10.1. The van der Waals surface area contributed by atoms with Crippen molar-refractivity contribution >= 4 is 11.8 Å². The number of aromatic nitrogens is 1. The zero-order valence-electron chi connectivity index (χ0n) is 16.2. The van der Waals surface area contributed by atoms with Gasteiger partial charge in [-0.3, -0.25) is 14.6 Å². The van der Waals surface area contributed by atoms with Crippen molar-refractivity contribution in [3.8, 4) is 11.5 Å². The van der Waals surface area contributed by atoms with Crippen molar-refractivity contribution in [3.05, 3.63) is 53.9 Å². The van der Waals surface area contributed by atoms with Gasteiger partial charge in [-0.25, -0.2) is 0 Å². The summed E-state index contributed by atoms with van der Waals surface area (Å²) in [6.45, 7) is 1.43. The van der Waals surface area contributed by atoms with Crippen LogP contribution in [0.3, 0.4) is 0 Å². The Morgan fingerprint density at radius 2 is 2.04 bits per heavy atom. The zero-order chi connectivity index (χ0) is 19.9. The number of hydrogen-bond donors (Lipinski definition) is 1. The van der Waals surface area contributed by atoms with Crippen LogP contribution in [0.15, 0.2) is 42.7 Å². The van der Waals surface area contributed by atoms with Crippen LogP contribution in [0.1, 0.15) is 17.5 Å². The molecule has 2 amide bonds. The van der Waals surface area contributed by atoms with Crippen LogP contribution in [0.5, 0.6) is 11.5 Å². The Kier molecular flexibility index (Phi) is 6.47. The summed E-state index contributed by atoms with van der Waals surface area (Å²) < 4.78 is 10.5. The van der Waals surface area contributed by atoms with Gasteiger partial charge in [-0.2, -0.15) is 0 Å². The molecule has 1 atom stereocenters. The second-order valence-electron chi connectivity index (χ2n) is 6.77. The first-order valence-corrected chi connectivity index (χ1v) is 9.26.